The molecule has 0 radical (unpaired) electrons. The SMILES string of the molecule is CCNC(=NCCc1ccccc1F)N1CC[C@@H](O)C1. The van der Waals surface area contributed by atoms with E-state index in [1.54, 1.807) is 12.1 Å². The molecule has 1 aliphatic rings. The van der Waals surface area contributed by atoms with Gasteiger partial charge in [0.15, 0.2) is 5.96 Å². The molecular formula is C15H22FN3O. The van der Waals surface area contributed by atoms with Crippen molar-refractivity contribution in [3.05, 3.63) is 35.6 Å². The van der Waals surface area contributed by atoms with E-state index in [4.69, 9.17) is 0 Å². The van der Waals surface area contributed by atoms with E-state index in [-0.39, 0.29) is 11.9 Å². The Labute approximate surface area is 119 Å². The first kappa shape index (κ1) is 14.8. The molecule has 5 heteroatoms. The molecule has 1 aromatic rings. The quantitative estimate of drug-likeness (QED) is 0.647. The van der Waals surface area contributed by atoms with E-state index in [0.29, 0.717) is 25.1 Å². The van der Waals surface area contributed by atoms with Crippen LogP contribution < -0.4 is 5.32 Å². The van der Waals surface area contributed by atoms with Crippen molar-refractivity contribution in [1.82, 2.24) is 10.2 Å². The molecule has 2 rings (SSSR count). The van der Waals surface area contributed by atoms with Crippen LogP contribution in [0.1, 0.15) is 18.9 Å². The summed E-state index contributed by atoms with van der Waals surface area (Å²) in [6, 6.07) is 6.79. The van der Waals surface area contributed by atoms with Crippen LogP contribution in [-0.2, 0) is 6.42 Å². The molecule has 110 valence electrons. The molecule has 1 aromatic carbocycles. The summed E-state index contributed by atoms with van der Waals surface area (Å²) in [5, 5.41) is 12.8. The second-order valence-electron chi connectivity index (χ2n) is 4.97. The lowest BCUT2D eigenvalue weighted by Gasteiger charge is -2.20. The first-order chi connectivity index (χ1) is 9.70. The van der Waals surface area contributed by atoms with E-state index in [0.717, 1.165) is 25.5 Å². The molecule has 1 fully saturated rings. The third-order valence-corrected chi connectivity index (χ3v) is 3.40. The monoisotopic (exact) mass is 279 g/mol. The van der Waals surface area contributed by atoms with Gasteiger partial charge in [0.2, 0.25) is 0 Å². The van der Waals surface area contributed by atoms with Gasteiger partial charge < -0.3 is 15.3 Å². The third kappa shape index (κ3) is 3.93. The zero-order valence-corrected chi connectivity index (χ0v) is 11.8. The van der Waals surface area contributed by atoms with Gasteiger partial charge in [-0.25, -0.2) is 4.39 Å². The summed E-state index contributed by atoms with van der Waals surface area (Å²) < 4.78 is 13.5. The lowest BCUT2D eigenvalue weighted by atomic mass is 10.1. The maximum Gasteiger partial charge on any atom is 0.194 e. The van der Waals surface area contributed by atoms with Crippen molar-refractivity contribution in [1.29, 1.82) is 0 Å². The first-order valence-electron chi connectivity index (χ1n) is 7.15. The van der Waals surface area contributed by atoms with Crippen LogP contribution in [-0.4, -0.2) is 48.2 Å². The van der Waals surface area contributed by atoms with Crippen LogP contribution in [0.5, 0.6) is 0 Å². The Kier molecular flexibility index (Phi) is 5.35. The molecular weight excluding hydrogens is 257 g/mol. The van der Waals surface area contributed by atoms with Crippen molar-refractivity contribution in [2.24, 2.45) is 4.99 Å². The molecule has 4 nitrogen and oxygen atoms in total. The second-order valence-corrected chi connectivity index (χ2v) is 4.97. The average Bonchev–Trinajstić information content (AvgIpc) is 2.86. The summed E-state index contributed by atoms with van der Waals surface area (Å²) >= 11 is 0. The van der Waals surface area contributed by atoms with Crippen molar-refractivity contribution in [2.75, 3.05) is 26.2 Å². The average molecular weight is 279 g/mol. The molecule has 0 spiro atoms. The molecule has 1 heterocycles. The Morgan fingerprint density at radius 1 is 1.50 bits per heavy atom. The molecule has 20 heavy (non-hydrogen) atoms. The van der Waals surface area contributed by atoms with Crippen LogP contribution in [0.2, 0.25) is 0 Å². The van der Waals surface area contributed by atoms with E-state index in [2.05, 4.69) is 15.2 Å². The summed E-state index contributed by atoms with van der Waals surface area (Å²) in [7, 11) is 0. The lowest BCUT2D eigenvalue weighted by Crippen LogP contribution is -2.40. The summed E-state index contributed by atoms with van der Waals surface area (Å²) in [6.45, 7) is 4.76. The summed E-state index contributed by atoms with van der Waals surface area (Å²) in [6.07, 6.45) is 1.08. The number of hydrogen-bond acceptors (Lipinski definition) is 2. The minimum atomic E-state index is -0.273. The highest BCUT2D eigenvalue weighted by Crippen LogP contribution is 2.10. The molecule has 0 amide bonds. The van der Waals surface area contributed by atoms with Gasteiger partial charge in [0, 0.05) is 26.2 Å². The molecule has 2 N–H and O–H groups in total. The largest absolute Gasteiger partial charge is 0.391 e. The highest BCUT2D eigenvalue weighted by atomic mass is 19.1. The minimum Gasteiger partial charge on any atom is -0.391 e. The number of nitrogens with one attached hydrogen (secondary N) is 1. The summed E-state index contributed by atoms with van der Waals surface area (Å²) in [5.74, 6) is 0.629. The maximum absolute atomic E-state index is 13.5. The number of β-amino-alcohol motifs (C(OH)–C–C–N with tert-alkyl or cyclic N) is 1. The standard InChI is InChI=1S/C15H22FN3O/c1-2-17-15(19-10-8-13(20)11-19)18-9-7-12-5-3-4-6-14(12)16/h3-6,13,20H,2,7-11H2,1H3,(H,17,18)/t13-/m1/s1. The van der Waals surface area contributed by atoms with Crippen molar-refractivity contribution >= 4 is 5.96 Å². The number of aliphatic hydroxyl groups is 1. The molecule has 1 aliphatic heterocycles. The Morgan fingerprint density at radius 3 is 2.95 bits per heavy atom. The van der Waals surface area contributed by atoms with Gasteiger partial charge in [-0.15, -0.1) is 0 Å². The Balaban J connectivity index is 1.94. The van der Waals surface area contributed by atoms with Gasteiger partial charge in [0.1, 0.15) is 5.82 Å². The zero-order chi connectivity index (χ0) is 14.4. The van der Waals surface area contributed by atoms with E-state index in [1.165, 1.54) is 6.07 Å². The number of hydrogen-bond donors (Lipinski definition) is 2. The van der Waals surface area contributed by atoms with E-state index in [9.17, 15) is 9.50 Å². The molecule has 0 bridgehead atoms. The van der Waals surface area contributed by atoms with Crippen LogP contribution in [0.25, 0.3) is 0 Å². The predicted octanol–water partition coefficient (Wildman–Crippen LogP) is 1.40. The van der Waals surface area contributed by atoms with Gasteiger partial charge in [0.25, 0.3) is 0 Å². The van der Waals surface area contributed by atoms with Crippen molar-refractivity contribution in [3.63, 3.8) is 0 Å². The van der Waals surface area contributed by atoms with E-state index >= 15 is 0 Å². The van der Waals surface area contributed by atoms with Crippen LogP contribution in [0.3, 0.4) is 0 Å². The van der Waals surface area contributed by atoms with Gasteiger partial charge in [0.05, 0.1) is 6.10 Å². The topological polar surface area (TPSA) is 47.9 Å². The predicted molar refractivity (Wildman–Crippen MR) is 78.3 cm³/mol. The molecule has 0 aliphatic carbocycles. The number of rotatable bonds is 4. The van der Waals surface area contributed by atoms with Crippen molar-refractivity contribution in [3.8, 4) is 0 Å². The highest BCUT2D eigenvalue weighted by molar-refractivity contribution is 5.80. The fourth-order valence-electron chi connectivity index (χ4n) is 2.34. The summed E-state index contributed by atoms with van der Waals surface area (Å²) in [4.78, 5) is 6.57. The van der Waals surface area contributed by atoms with Crippen LogP contribution in [0.15, 0.2) is 29.3 Å². The zero-order valence-electron chi connectivity index (χ0n) is 11.8. The minimum absolute atomic E-state index is 0.177. The van der Waals surface area contributed by atoms with Gasteiger partial charge >= 0.3 is 0 Å². The number of halogens is 1. The van der Waals surface area contributed by atoms with Crippen molar-refractivity contribution < 1.29 is 9.50 Å². The molecule has 1 atom stereocenters. The third-order valence-electron chi connectivity index (χ3n) is 3.40. The van der Waals surface area contributed by atoms with E-state index in [1.807, 2.05) is 13.0 Å². The Bertz CT molecular complexity index is 464. The number of aliphatic imine (C=N–C) groups is 1. The molecule has 0 aromatic heterocycles. The highest BCUT2D eigenvalue weighted by Gasteiger charge is 2.22. The second kappa shape index (κ2) is 7.24. The van der Waals surface area contributed by atoms with Gasteiger partial charge in [-0.1, -0.05) is 18.2 Å². The van der Waals surface area contributed by atoms with Crippen molar-refractivity contribution in [2.45, 2.75) is 25.9 Å². The fourth-order valence-corrected chi connectivity index (χ4v) is 2.34. The number of aliphatic hydroxyl groups excluding tert-OH is 1. The van der Waals surface area contributed by atoms with Crippen LogP contribution in [0.4, 0.5) is 4.39 Å². The van der Waals surface area contributed by atoms with E-state index < -0.39 is 0 Å². The number of benzene rings is 1. The normalized spacial score (nSPS) is 19.4. The first-order valence-corrected chi connectivity index (χ1v) is 7.15. The summed E-state index contributed by atoms with van der Waals surface area (Å²) in [5.41, 5.74) is 0.688. The van der Waals surface area contributed by atoms with Crippen LogP contribution in [0, 0.1) is 5.82 Å². The Hall–Kier alpha value is -1.62. The lowest BCUT2D eigenvalue weighted by molar-refractivity contribution is 0.188. The number of likely N-dealkylation sites (tertiary alicyclic amines) is 1. The molecule has 1 saturated heterocycles. The number of nitrogens with zero attached hydrogens (tertiary/aromatic N) is 2. The number of guanidine groups is 1. The smallest absolute Gasteiger partial charge is 0.194 e. The maximum atomic E-state index is 13.5. The van der Waals surface area contributed by atoms with Gasteiger partial charge in [-0.3, -0.25) is 4.99 Å². The fraction of sp³-hybridized carbons (Fsp3) is 0.533. The van der Waals surface area contributed by atoms with Crippen LogP contribution >= 0.6 is 0 Å². The van der Waals surface area contributed by atoms with Gasteiger partial charge in [-0.2, -0.15) is 0 Å². The molecule has 0 unspecified atom stereocenters. The van der Waals surface area contributed by atoms with Gasteiger partial charge in [-0.05, 0) is 31.4 Å². The molecule has 0 saturated carbocycles. The Morgan fingerprint density at radius 2 is 2.30 bits per heavy atom.